The van der Waals surface area contributed by atoms with E-state index in [0.29, 0.717) is 31.3 Å². The summed E-state index contributed by atoms with van der Waals surface area (Å²) in [4.78, 5) is 19.4. The van der Waals surface area contributed by atoms with Gasteiger partial charge in [0.1, 0.15) is 0 Å². The third-order valence-electron chi connectivity index (χ3n) is 3.69. The molecule has 0 aromatic carbocycles. The molecule has 2 aromatic rings. The molecule has 1 aliphatic heterocycles. The summed E-state index contributed by atoms with van der Waals surface area (Å²) in [5, 5.41) is 17.6. The molecule has 124 valence electrons. The second-order valence-electron chi connectivity index (χ2n) is 5.41. The Morgan fingerprint density at radius 2 is 2.48 bits per heavy atom. The van der Waals surface area contributed by atoms with E-state index in [2.05, 4.69) is 10.3 Å². The Kier molecular flexibility index (Phi) is 5.27. The maximum Gasteiger partial charge on any atom is 0.324 e. The fraction of sp³-hybridized carbons (Fsp3) is 0.467. The van der Waals surface area contributed by atoms with Gasteiger partial charge in [-0.25, -0.2) is 9.78 Å². The molecule has 23 heavy (non-hydrogen) atoms. The molecule has 1 fully saturated rings. The van der Waals surface area contributed by atoms with Gasteiger partial charge in [-0.1, -0.05) is 6.07 Å². The predicted molar refractivity (Wildman–Crippen MR) is 91.1 cm³/mol. The Bertz CT molecular complexity index is 644. The standard InChI is InChI=1S/C15H19N3O3S2/c1-10-9-23-14(16-10)17-15(20)18-4-5-21-8-11(18)7-12(19)13-3-2-6-22-13/h2-3,6,9,11-12,19H,4-5,7-8H2,1H3,(H,16,17,20)/t11-,12+/m0/s1. The number of rotatable bonds is 4. The number of hydrogen-bond donors (Lipinski definition) is 2. The second kappa shape index (κ2) is 7.39. The molecule has 2 aromatic heterocycles. The van der Waals surface area contributed by atoms with Crippen LogP contribution in [-0.4, -0.2) is 46.8 Å². The molecule has 1 saturated heterocycles. The lowest BCUT2D eigenvalue weighted by Crippen LogP contribution is -2.50. The molecule has 2 N–H and O–H groups in total. The highest BCUT2D eigenvalue weighted by Gasteiger charge is 2.30. The van der Waals surface area contributed by atoms with Crippen LogP contribution in [0.25, 0.3) is 0 Å². The molecule has 0 unspecified atom stereocenters. The van der Waals surface area contributed by atoms with Gasteiger partial charge in [-0.15, -0.1) is 22.7 Å². The normalized spacial score (nSPS) is 19.6. The van der Waals surface area contributed by atoms with Gasteiger partial charge in [-0.2, -0.15) is 0 Å². The smallest absolute Gasteiger partial charge is 0.324 e. The molecule has 6 nitrogen and oxygen atoms in total. The van der Waals surface area contributed by atoms with E-state index in [1.54, 1.807) is 4.90 Å². The van der Waals surface area contributed by atoms with Crippen molar-refractivity contribution in [2.45, 2.75) is 25.5 Å². The Morgan fingerprint density at radius 3 is 3.17 bits per heavy atom. The highest BCUT2D eigenvalue weighted by atomic mass is 32.1. The highest BCUT2D eigenvalue weighted by Crippen LogP contribution is 2.26. The number of aliphatic hydroxyl groups excluding tert-OH is 1. The SMILES string of the molecule is Cc1csc(NC(=O)N2CCOC[C@@H]2C[C@@H](O)c2cccs2)n1. The van der Waals surface area contributed by atoms with Crippen molar-refractivity contribution in [3.05, 3.63) is 33.5 Å². The molecular formula is C15H19N3O3S2. The predicted octanol–water partition coefficient (Wildman–Crippen LogP) is 2.87. The van der Waals surface area contributed by atoms with E-state index in [9.17, 15) is 9.90 Å². The van der Waals surface area contributed by atoms with E-state index in [1.807, 2.05) is 29.8 Å². The van der Waals surface area contributed by atoms with Crippen molar-refractivity contribution < 1.29 is 14.6 Å². The number of nitrogens with zero attached hydrogens (tertiary/aromatic N) is 2. The molecule has 1 aliphatic rings. The lowest BCUT2D eigenvalue weighted by molar-refractivity contribution is -0.00382. The number of anilines is 1. The van der Waals surface area contributed by atoms with Crippen LogP contribution in [0.3, 0.4) is 0 Å². The summed E-state index contributed by atoms with van der Waals surface area (Å²) < 4.78 is 5.49. The van der Waals surface area contributed by atoms with Crippen LogP contribution in [0.1, 0.15) is 23.1 Å². The third kappa shape index (κ3) is 4.08. The van der Waals surface area contributed by atoms with Crippen LogP contribution in [0.5, 0.6) is 0 Å². The van der Waals surface area contributed by atoms with Crippen LogP contribution in [0.4, 0.5) is 9.93 Å². The summed E-state index contributed by atoms with van der Waals surface area (Å²) in [5.74, 6) is 0. The molecule has 0 spiro atoms. The van der Waals surface area contributed by atoms with Crippen LogP contribution < -0.4 is 5.32 Å². The largest absolute Gasteiger partial charge is 0.387 e. The summed E-state index contributed by atoms with van der Waals surface area (Å²) in [5.41, 5.74) is 0.886. The maximum absolute atomic E-state index is 12.5. The van der Waals surface area contributed by atoms with Crippen LogP contribution in [0, 0.1) is 6.92 Å². The number of carbonyl (C=O) groups is 1. The third-order valence-corrected chi connectivity index (χ3v) is 5.54. The average Bonchev–Trinajstić information content (AvgIpc) is 3.19. The minimum absolute atomic E-state index is 0.151. The number of aromatic nitrogens is 1. The first kappa shape index (κ1) is 16.4. The molecule has 2 amide bonds. The molecule has 3 heterocycles. The van der Waals surface area contributed by atoms with Crippen LogP contribution >= 0.6 is 22.7 Å². The second-order valence-corrected chi connectivity index (χ2v) is 7.25. The molecule has 2 atom stereocenters. The first-order chi connectivity index (χ1) is 11.1. The minimum Gasteiger partial charge on any atom is -0.387 e. The number of carbonyl (C=O) groups excluding carboxylic acids is 1. The van der Waals surface area contributed by atoms with Crippen molar-refractivity contribution in [3.63, 3.8) is 0 Å². The van der Waals surface area contributed by atoms with E-state index in [4.69, 9.17) is 4.74 Å². The lowest BCUT2D eigenvalue weighted by Gasteiger charge is -2.36. The summed E-state index contributed by atoms with van der Waals surface area (Å²) in [6.45, 7) is 3.35. The van der Waals surface area contributed by atoms with E-state index in [0.717, 1.165) is 10.6 Å². The van der Waals surface area contributed by atoms with Gasteiger partial charge in [0.05, 0.1) is 31.1 Å². The fourth-order valence-corrected chi connectivity index (χ4v) is 3.95. The number of ether oxygens (including phenoxy) is 1. The van der Waals surface area contributed by atoms with Crippen molar-refractivity contribution in [2.24, 2.45) is 0 Å². The molecular weight excluding hydrogens is 334 g/mol. The quantitative estimate of drug-likeness (QED) is 0.886. The maximum atomic E-state index is 12.5. The lowest BCUT2D eigenvalue weighted by atomic mass is 10.1. The molecule has 0 aliphatic carbocycles. The van der Waals surface area contributed by atoms with E-state index < -0.39 is 6.10 Å². The van der Waals surface area contributed by atoms with E-state index >= 15 is 0 Å². The van der Waals surface area contributed by atoms with Gasteiger partial charge in [-0.05, 0) is 18.4 Å². The summed E-state index contributed by atoms with van der Waals surface area (Å²) in [7, 11) is 0. The number of hydrogen-bond acceptors (Lipinski definition) is 6. The van der Waals surface area contributed by atoms with Crippen LogP contribution in [0.15, 0.2) is 22.9 Å². The summed E-state index contributed by atoms with van der Waals surface area (Å²) in [6.07, 6.45) is -0.121. The van der Waals surface area contributed by atoms with E-state index in [1.165, 1.54) is 22.7 Å². The van der Waals surface area contributed by atoms with Gasteiger partial charge >= 0.3 is 6.03 Å². The van der Waals surface area contributed by atoms with Crippen LogP contribution in [-0.2, 0) is 4.74 Å². The molecule has 0 bridgehead atoms. The van der Waals surface area contributed by atoms with Crippen molar-refractivity contribution in [2.75, 3.05) is 25.1 Å². The van der Waals surface area contributed by atoms with Crippen molar-refractivity contribution in [3.8, 4) is 0 Å². The number of thiazole rings is 1. The molecule has 0 radical (unpaired) electrons. The summed E-state index contributed by atoms with van der Waals surface area (Å²) in [6, 6.07) is 3.48. The van der Waals surface area contributed by atoms with Gasteiger partial charge in [0.15, 0.2) is 5.13 Å². The first-order valence-corrected chi connectivity index (χ1v) is 9.18. The highest BCUT2D eigenvalue weighted by molar-refractivity contribution is 7.13. The number of urea groups is 1. The van der Waals surface area contributed by atoms with Gasteiger partial charge < -0.3 is 14.7 Å². The van der Waals surface area contributed by atoms with Gasteiger partial charge in [0.2, 0.25) is 0 Å². The average molecular weight is 353 g/mol. The zero-order chi connectivity index (χ0) is 16.2. The molecule has 0 saturated carbocycles. The number of nitrogens with one attached hydrogen (secondary N) is 1. The van der Waals surface area contributed by atoms with Crippen molar-refractivity contribution in [1.82, 2.24) is 9.88 Å². The molecule has 8 heteroatoms. The Morgan fingerprint density at radius 1 is 1.61 bits per heavy atom. The van der Waals surface area contributed by atoms with E-state index in [-0.39, 0.29) is 12.1 Å². The van der Waals surface area contributed by atoms with Crippen molar-refractivity contribution >= 4 is 33.8 Å². The number of amides is 2. The monoisotopic (exact) mass is 353 g/mol. The van der Waals surface area contributed by atoms with Crippen molar-refractivity contribution in [1.29, 1.82) is 0 Å². The zero-order valence-corrected chi connectivity index (χ0v) is 14.4. The summed E-state index contributed by atoms with van der Waals surface area (Å²) >= 11 is 2.92. The number of aryl methyl sites for hydroxylation is 1. The van der Waals surface area contributed by atoms with Gasteiger partial charge in [0.25, 0.3) is 0 Å². The van der Waals surface area contributed by atoms with Gasteiger partial charge in [-0.3, -0.25) is 5.32 Å². The Hall–Kier alpha value is -1.48. The topological polar surface area (TPSA) is 74.7 Å². The zero-order valence-electron chi connectivity index (χ0n) is 12.8. The minimum atomic E-state index is -0.584. The Balaban J connectivity index is 1.64. The van der Waals surface area contributed by atoms with Crippen LogP contribution in [0.2, 0.25) is 0 Å². The number of morpholine rings is 1. The first-order valence-electron chi connectivity index (χ1n) is 7.42. The number of thiophene rings is 1. The molecule has 3 rings (SSSR count). The number of aliphatic hydroxyl groups is 1. The fourth-order valence-electron chi connectivity index (χ4n) is 2.55. The van der Waals surface area contributed by atoms with Gasteiger partial charge in [0, 0.05) is 23.2 Å². The Labute approximate surface area is 142 Å².